The number of aromatic hydroxyl groups is 1. The van der Waals surface area contributed by atoms with Gasteiger partial charge < -0.3 is 15.1 Å². The zero-order valence-electron chi connectivity index (χ0n) is 10.9. The molecule has 0 saturated heterocycles. The zero-order valence-corrected chi connectivity index (χ0v) is 12.4. The fraction of sp³-hybridized carbons (Fsp3) is 0.538. The molecule has 0 radical (unpaired) electrons. The van der Waals surface area contributed by atoms with Gasteiger partial charge in [-0.2, -0.15) is 0 Å². The van der Waals surface area contributed by atoms with Crippen molar-refractivity contribution < 1.29 is 10.2 Å². The highest BCUT2D eigenvalue weighted by molar-refractivity contribution is 6.36. The van der Waals surface area contributed by atoms with Crippen LogP contribution in [-0.2, 0) is 6.54 Å². The van der Waals surface area contributed by atoms with Crippen molar-refractivity contribution in [3.63, 3.8) is 0 Å². The van der Waals surface area contributed by atoms with Gasteiger partial charge in [0.15, 0.2) is 0 Å². The van der Waals surface area contributed by atoms with Crippen LogP contribution in [0.15, 0.2) is 12.1 Å². The second-order valence-electron chi connectivity index (χ2n) is 5.35. The Morgan fingerprint density at radius 1 is 1.28 bits per heavy atom. The number of aliphatic hydroxyl groups excluding tert-OH is 1. The summed E-state index contributed by atoms with van der Waals surface area (Å²) in [7, 11) is 1.92. The third-order valence-corrected chi connectivity index (χ3v) is 3.50. The lowest BCUT2D eigenvalue weighted by Gasteiger charge is -2.28. The minimum Gasteiger partial charge on any atom is -0.506 e. The van der Waals surface area contributed by atoms with E-state index in [1.165, 1.54) is 6.07 Å². The molecular formula is C13H19Cl2NO2. The maximum atomic E-state index is 9.57. The first-order chi connectivity index (χ1) is 8.26. The van der Waals surface area contributed by atoms with E-state index in [1.807, 2.05) is 25.8 Å². The summed E-state index contributed by atoms with van der Waals surface area (Å²) in [5.41, 5.74) is 0.513. The third kappa shape index (κ3) is 4.02. The Hall–Kier alpha value is -0.480. The van der Waals surface area contributed by atoms with Gasteiger partial charge in [0.05, 0.1) is 5.02 Å². The molecular weight excluding hydrogens is 273 g/mol. The molecule has 0 spiro atoms. The van der Waals surface area contributed by atoms with E-state index >= 15 is 0 Å². The minimum absolute atomic E-state index is 0.0332. The molecule has 0 heterocycles. The van der Waals surface area contributed by atoms with Gasteiger partial charge in [-0.05, 0) is 19.2 Å². The lowest BCUT2D eigenvalue weighted by atomic mass is 9.94. The maximum absolute atomic E-state index is 9.57. The summed E-state index contributed by atoms with van der Waals surface area (Å²) in [4.78, 5) is 2.02. The quantitative estimate of drug-likeness (QED) is 0.876. The lowest BCUT2D eigenvalue weighted by Crippen LogP contribution is -2.33. The topological polar surface area (TPSA) is 43.7 Å². The number of phenolic OH excluding ortho intramolecular Hbond substituents is 1. The number of nitrogens with zero attached hydrogens (tertiary/aromatic N) is 1. The molecule has 0 unspecified atom stereocenters. The summed E-state index contributed by atoms with van der Waals surface area (Å²) in [6, 6.07) is 3.11. The van der Waals surface area contributed by atoms with Gasteiger partial charge in [-0.1, -0.05) is 37.0 Å². The number of rotatable bonds is 5. The van der Waals surface area contributed by atoms with Crippen LogP contribution in [0.4, 0.5) is 0 Å². The summed E-state index contributed by atoms with van der Waals surface area (Å²) < 4.78 is 0. The summed E-state index contributed by atoms with van der Waals surface area (Å²) in [5.74, 6) is 0.0332. The minimum atomic E-state index is -0.190. The van der Waals surface area contributed by atoms with Gasteiger partial charge in [0.25, 0.3) is 0 Å². The van der Waals surface area contributed by atoms with Crippen molar-refractivity contribution in [1.29, 1.82) is 0 Å². The molecule has 0 bridgehead atoms. The highest BCUT2D eigenvalue weighted by Crippen LogP contribution is 2.33. The predicted molar refractivity (Wildman–Crippen MR) is 75.3 cm³/mol. The Balaban J connectivity index is 2.82. The van der Waals surface area contributed by atoms with E-state index in [2.05, 4.69) is 0 Å². The first-order valence-electron chi connectivity index (χ1n) is 5.72. The van der Waals surface area contributed by atoms with Crippen LogP contribution in [0.25, 0.3) is 0 Å². The standard InChI is InChI=1S/C13H19Cl2NO2/c1-13(2,8-17)7-16(3)6-9-10(14)4-5-11(18)12(9)15/h4-5,17-18H,6-8H2,1-3H3. The van der Waals surface area contributed by atoms with Gasteiger partial charge in [0.1, 0.15) is 5.75 Å². The molecule has 0 fully saturated rings. The van der Waals surface area contributed by atoms with E-state index in [-0.39, 0.29) is 22.8 Å². The van der Waals surface area contributed by atoms with Crippen molar-refractivity contribution in [1.82, 2.24) is 4.90 Å². The number of halogens is 2. The van der Waals surface area contributed by atoms with Gasteiger partial charge in [-0.3, -0.25) is 0 Å². The Morgan fingerprint density at radius 3 is 2.44 bits per heavy atom. The Morgan fingerprint density at radius 2 is 1.89 bits per heavy atom. The molecule has 102 valence electrons. The highest BCUT2D eigenvalue weighted by atomic mass is 35.5. The van der Waals surface area contributed by atoms with Crippen molar-refractivity contribution in [3.8, 4) is 5.75 Å². The number of aliphatic hydroxyl groups is 1. The normalized spacial score (nSPS) is 12.2. The SMILES string of the molecule is CN(Cc1c(Cl)ccc(O)c1Cl)CC(C)(C)CO. The van der Waals surface area contributed by atoms with E-state index in [0.717, 1.165) is 0 Å². The molecule has 1 aromatic rings. The molecule has 0 aliphatic rings. The van der Waals surface area contributed by atoms with Crippen LogP contribution in [0.5, 0.6) is 5.75 Å². The van der Waals surface area contributed by atoms with Gasteiger partial charge in [0, 0.05) is 35.7 Å². The number of hydrogen-bond donors (Lipinski definition) is 2. The van der Waals surface area contributed by atoms with Crippen molar-refractivity contribution in [2.45, 2.75) is 20.4 Å². The molecule has 1 rings (SSSR count). The van der Waals surface area contributed by atoms with Gasteiger partial charge in [-0.25, -0.2) is 0 Å². The van der Waals surface area contributed by atoms with Crippen LogP contribution in [0.3, 0.4) is 0 Å². The second kappa shape index (κ2) is 6.11. The van der Waals surface area contributed by atoms with E-state index in [9.17, 15) is 10.2 Å². The van der Waals surface area contributed by atoms with Crippen LogP contribution >= 0.6 is 23.2 Å². The number of hydrogen-bond acceptors (Lipinski definition) is 3. The van der Waals surface area contributed by atoms with Crippen molar-refractivity contribution in [3.05, 3.63) is 27.7 Å². The monoisotopic (exact) mass is 291 g/mol. The maximum Gasteiger partial charge on any atom is 0.134 e. The highest BCUT2D eigenvalue weighted by Gasteiger charge is 2.20. The molecule has 2 N–H and O–H groups in total. The summed E-state index contributed by atoms with van der Waals surface area (Å²) in [5, 5.41) is 19.6. The first kappa shape index (κ1) is 15.6. The molecule has 0 aliphatic carbocycles. The fourth-order valence-corrected chi connectivity index (χ4v) is 2.33. The molecule has 0 aromatic heterocycles. The average Bonchev–Trinajstić information content (AvgIpc) is 2.29. The summed E-state index contributed by atoms with van der Waals surface area (Å²) in [6.07, 6.45) is 0. The Labute approximate surface area is 118 Å². The smallest absolute Gasteiger partial charge is 0.134 e. The van der Waals surface area contributed by atoms with Crippen molar-refractivity contribution in [2.75, 3.05) is 20.2 Å². The lowest BCUT2D eigenvalue weighted by molar-refractivity contribution is 0.112. The molecule has 0 atom stereocenters. The molecule has 1 aromatic carbocycles. The second-order valence-corrected chi connectivity index (χ2v) is 6.14. The number of phenols is 1. The predicted octanol–water partition coefficient (Wildman–Crippen LogP) is 3.15. The fourth-order valence-electron chi connectivity index (χ4n) is 1.84. The first-order valence-corrected chi connectivity index (χ1v) is 6.47. The van der Waals surface area contributed by atoms with Gasteiger partial charge in [0.2, 0.25) is 0 Å². The summed E-state index contributed by atoms with van der Waals surface area (Å²) >= 11 is 12.1. The molecule has 0 saturated carbocycles. The molecule has 18 heavy (non-hydrogen) atoms. The third-order valence-electron chi connectivity index (χ3n) is 2.72. The molecule has 0 aliphatic heterocycles. The van der Waals surface area contributed by atoms with E-state index in [4.69, 9.17) is 23.2 Å². The van der Waals surface area contributed by atoms with Crippen LogP contribution in [0, 0.1) is 5.41 Å². The summed E-state index contributed by atoms with van der Waals surface area (Å²) in [6.45, 7) is 5.30. The van der Waals surface area contributed by atoms with Crippen LogP contribution in [0.2, 0.25) is 10.0 Å². The van der Waals surface area contributed by atoms with Gasteiger partial charge in [-0.15, -0.1) is 0 Å². The Bertz CT molecular complexity index is 422. The molecule has 5 heteroatoms. The number of benzene rings is 1. The Kier molecular flexibility index (Phi) is 5.29. The van der Waals surface area contributed by atoms with E-state index in [1.54, 1.807) is 6.07 Å². The average molecular weight is 292 g/mol. The van der Waals surface area contributed by atoms with Gasteiger partial charge >= 0.3 is 0 Å². The van der Waals surface area contributed by atoms with Crippen molar-refractivity contribution >= 4 is 23.2 Å². The molecule has 3 nitrogen and oxygen atoms in total. The van der Waals surface area contributed by atoms with E-state index in [0.29, 0.717) is 23.7 Å². The van der Waals surface area contributed by atoms with E-state index < -0.39 is 0 Å². The van der Waals surface area contributed by atoms with Crippen LogP contribution < -0.4 is 0 Å². The van der Waals surface area contributed by atoms with Crippen molar-refractivity contribution in [2.24, 2.45) is 5.41 Å². The molecule has 0 amide bonds. The zero-order chi connectivity index (χ0) is 13.9. The van der Waals surface area contributed by atoms with Crippen LogP contribution in [0.1, 0.15) is 19.4 Å². The largest absolute Gasteiger partial charge is 0.506 e. The van der Waals surface area contributed by atoms with Crippen LogP contribution in [-0.4, -0.2) is 35.3 Å².